The maximum atomic E-state index is 5.70. The quantitative estimate of drug-likeness (QED) is 0.172. The number of hydrogen-bond donors (Lipinski definition) is 0. The van der Waals surface area contributed by atoms with Gasteiger partial charge in [-0.15, -0.1) is 11.3 Å². The Labute approximate surface area is 333 Å². The molecule has 4 heterocycles. The van der Waals surface area contributed by atoms with E-state index in [9.17, 15) is 0 Å². The van der Waals surface area contributed by atoms with Gasteiger partial charge in [0.1, 0.15) is 0 Å². The molecule has 266 valence electrons. The van der Waals surface area contributed by atoms with Crippen LogP contribution in [0.5, 0.6) is 0 Å². The monoisotopic (exact) mass is 743 g/mol. The number of benzene rings is 8. The molecule has 0 aliphatic carbocycles. The molecule has 4 heteroatoms. The molecule has 8 aromatic carbocycles. The number of nitrogens with zero attached hydrogens (tertiary/aromatic N) is 3. The Bertz CT molecular complexity index is 3350. The highest BCUT2D eigenvalue weighted by Gasteiger charge is 2.27. The summed E-state index contributed by atoms with van der Waals surface area (Å²) in [4.78, 5) is 5.70. The van der Waals surface area contributed by atoms with Crippen molar-refractivity contribution >= 4 is 75.1 Å². The Balaban J connectivity index is 1.35. The van der Waals surface area contributed by atoms with Gasteiger partial charge in [0.05, 0.1) is 49.5 Å². The summed E-state index contributed by atoms with van der Waals surface area (Å²) in [5.41, 5.74) is 13.2. The lowest BCUT2D eigenvalue weighted by atomic mass is 9.96. The van der Waals surface area contributed by atoms with Crippen LogP contribution in [0.4, 0.5) is 0 Å². The van der Waals surface area contributed by atoms with Gasteiger partial charge in [-0.25, -0.2) is 4.98 Å². The summed E-state index contributed by atoms with van der Waals surface area (Å²) in [6, 6.07) is 72.5. The van der Waals surface area contributed by atoms with Crippen LogP contribution in [-0.2, 0) is 0 Å². The van der Waals surface area contributed by atoms with E-state index in [4.69, 9.17) is 4.98 Å². The molecule has 0 spiro atoms. The fourth-order valence-corrected chi connectivity index (χ4v) is 10.3. The number of aromatic nitrogens is 3. The Kier molecular flexibility index (Phi) is 7.10. The van der Waals surface area contributed by atoms with Crippen LogP contribution < -0.4 is 0 Å². The third-order valence-corrected chi connectivity index (χ3v) is 12.7. The zero-order chi connectivity index (χ0) is 37.5. The average molecular weight is 744 g/mol. The summed E-state index contributed by atoms with van der Waals surface area (Å²) >= 11 is 1.87. The van der Waals surface area contributed by atoms with E-state index in [0.717, 1.165) is 56.0 Å². The van der Waals surface area contributed by atoms with E-state index in [0.29, 0.717) is 0 Å². The fourth-order valence-electron chi connectivity index (χ4n) is 9.03. The van der Waals surface area contributed by atoms with E-state index in [1.54, 1.807) is 0 Å². The van der Waals surface area contributed by atoms with Crippen LogP contribution in [0.15, 0.2) is 200 Å². The topological polar surface area (TPSA) is 22.8 Å². The average Bonchev–Trinajstić information content (AvgIpc) is 3.94. The van der Waals surface area contributed by atoms with Crippen LogP contribution in [-0.4, -0.2) is 14.1 Å². The second-order valence-corrected chi connectivity index (χ2v) is 15.7. The van der Waals surface area contributed by atoms with Gasteiger partial charge in [-0.2, -0.15) is 0 Å². The largest absolute Gasteiger partial charge is 0.308 e. The maximum absolute atomic E-state index is 5.70. The van der Waals surface area contributed by atoms with Crippen LogP contribution in [0.3, 0.4) is 0 Å². The molecule has 0 fully saturated rings. The van der Waals surface area contributed by atoms with Crippen molar-refractivity contribution in [3.05, 3.63) is 200 Å². The highest BCUT2D eigenvalue weighted by Crippen LogP contribution is 2.49. The third-order valence-electron chi connectivity index (χ3n) is 11.5. The van der Waals surface area contributed by atoms with Gasteiger partial charge in [0.15, 0.2) is 0 Å². The molecular weight excluding hydrogens is 711 g/mol. The van der Waals surface area contributed by atoms with Crippen molar-refractivity contribution in [2.75, 3.05) is 0 Å². The molecule has 0 atom stereocenters. The predicted molar refractivity (Wildman–Crippen MR) is 242 cm³/mol. The molecule has 0 aliphatic rings. The molecule has 3 nitrogen and oxygen atoms in total. The van der Waals surface area contributed by atoms with Crippen molar-refractivity contribution in [2.24, 2.45) is 0 Å². The summed E-state index contributed by atoms with van der Waals surface area (Å²) in [5.74, 6) is 0. The van der Waals surface area contributed by atoms with Crippen molar-refractivity contribution in [3.8, 4) is 45.0 Å². The highest BCUT2D eigenvalue weighted by atomic mass is 32.1. The van der Waals surface area contributed by atoms with E-state index >= 15 is 0 Å². The number of para-hydroxylation sites is 4. The molecule has 0 radical (unpaired) electrons. The van der Waals surface area contributed by atoms with E-state index in [-0.39, 0.29) is 0 Å². The first-order valence-electron chi connectivity index (χ1n) is 19.4. The Morgan fingerprint density at radius 2 is 0.807 bits per heavy atom. The molecule has 0 bridgehead atoms. The van der Waals surface area contributed by atoms with E-state index in [1.165, 1.54) is 52.8 Å². The molecule has 0 unspecified atom stereocenters. The maximum Gasteiger partial charge on any atom is 0.0758 e. The van der Waals surface area contributed by atoms with Crippen LogP contribution in [0.25, 0.3) is 109 Å². The molecular formula is C53H33N3S. The molecule has 0 saturated carbocycles. The number of pyridine rings is 1. The highest BCUT2D eigenvalue weighted by molar-refractivity contribution is 7.26. The minimum absolute atomic E-state index is 0.920. The Hall–Kier alpha value is -7.27. The molecule has 0 N–H and O–H groups in total. The van der Waals surface area contributed by atoms with Gasteiger partial charge in [-0.3, -0.25) is 0 Å². The molecule has 4 aromatic heterocycles. The lowest BCUT2D eigenvalue weighted by molar-refractivity contribution is 1.14. The molecule has 0 aliphatic heterocycles. The van der Waals surface area contributed by atoms with Crippen LogP contribution in [0.2, 0.25) is 0 Å². The summed E-state index contributed by atoms with van der Waals surface area (Å²) in [7, 11) is 0. The smallest absolute Gasteiger partial charge is 0.0758 e. The molecule has 12 rings (SSSR count). The standard InChI is InChI=1S/C53H33N3S/c1-3-17-34(18-4-1)36-31-43(35-19-5-2-6-20-35)54-44(32-36)51-49(55-45-26-12-7-21-37(45)38-22-8-13-27-46(38)55)33-42-41-25-11-16-30-50(41)57-53(42)52(51)56-47-28-14-9-23-39(47)40-24-10-15-29-48(40)56/h1-33H. The minimum Gasteiger partial charge on any atom is -0.308 e. The summed E-state index contributed by atoms with van der Waals surface area (Å²) < 4.78 is 7.50. The first-order valence-corrected chi connectivity index (χ1v) is 20.2. The minimum atomic E-state index is 0.920. The van der Waals surface area contributed by atoms with Crippen molar-refractivity contribution < 1.29 is 0 Å². The molecule has 57 heavy (non-hydrogen) atoms. The van der Waals surface area contributed by atoms with Gasteiger partial charge in [0.2, 0.25) is 0 Å². The van der Waals surface area contributed by atoms with Gasteiger partial charge in [0.25, 0.3) is 0 Å². The lowest BCUT2D eigenvalue weighted by Gasteiger charge is -2.22. The van der Waals surface area contributed by atoms with E-state index in [1.807, 2.05) is 11.3 Å². The number of hydrogen-bond acceptors (Lipinski definition) is 2. The number of fused-ring (bicyclic) bond motifs is 9. The summed E-state index contributed by atoms with van der Waals surface area (Å²) in [6.45, 7) is 0. The summed E-state index contributed by atoms with van der Waals surface area (Å²) in [5, 5.41) is 7.39. The van der Waals surface area contributed by atoms with Gasteiger partial charge in [-0.05, 0) is 59.7 Å². The van der Waals surface area contributed by atoms with E-state index in [2.05, 4.69) is 209 Å². The van der Waals surface area contributed by atoms with Crippen molar-refractivity contribution in [2.45, 2.75) is 0 Å². The van der Waals surface area contributed by atoms with Gasteiger partial charge >= 0.3 is 0 Å². The Morgan fingerprint density at radius 3 is 1.39 bits per heavy atom. The zero-order valence-corrected chi connectivity index (χ0v) is 31.6. The zero-order valence-electron chi connectivity index (χ0n) is 30.8. The third kappa shape index (κ3) is 4.88. The predicted octanol–water partition coefficient (Wildman–Crippen LogP) is 14.6. The summed E-state index contributed by atoms with van der Waals surface area (Å²) in [6.07, 6.45) is 0. The van der Waals surface area contributed by atoms with Gasteiger partial charge in [-0.1, -0.05) is 152 Å². The van der Waals surface area contributed by atoms with Gasteiger partial charge in [0, 0.05) is 48.1 Å². The first-order chi connectivity index (χ1) is 28.3. The SMILES string of the molecule is c1ccc(-c2cc(-c3ccccc3)nc(-c3c(-n4c5ccccc5c5ccccc54)cc4c(sc5ccccc54)c3-n3c4ccccc4c4ccccc43)c2)cc1. The Morgan fingerprint density at radius 1 is 0.351 bits per heavy atom. The van der Waals surface area contributed by atoms with Crippen LogP contribution in [0, 0.1) is 0 Å². The van der Waals surface area contributed by atoms with Crippen LogP contribution in [0.1, 0.15) is 0 Å². The molecule has 12 aromatic rings. The fraction of sp³-hybridized carbons (Fsp3) is 0. The first kappa shape index (κ1) is 32.0. The lowest BCUT2D eigenvalue weighted by Crippen LogP contribution is -2.05. The van der Waals surface area contributed by atoms with Crippen molar-refractivity contribution in [1.29, 1.82) is 0 Å². The normalized spacial score (nSPS) is 11.9. The molecule has 0 saturated heterocycles. The van der Waals surface area contributed by atoms with Crippen LogP contribution >= 0.6 is 11.3 Å². The second-order valence-electron chi connectivity index (χ2n) is 14.7. The molecule has 0 amide bonds. The van der Waals surface area contributed by atoms with E-state index < -0.39 is 0 Å². The van der Waals surface area contributed by atoms with Gasteiger partial charge < -0.3 is 9.13 Å². The second kappa shape index (κ2) is 12.6. The number of rotatable bonds is 5. The van der Waals surface area contributed by atoms with Crippen molar-refractivity contribution in [3.63, 3.8) is 0 Å². The number of thiophene rings is 1. The van der Waals surface area contributed by atoms with Crippen molar-refractivity contribution in [1.82, 2.24) is 14.1 Å².